The van der Waals surface area contributed by atoms with Crippen LogP contribution in [-0.4, -0.2) is 49.8 Å². The van der Waals surface area contributed by atoms with E-state index in [1.165, 1.54) is 49.7 Å². The first-order chi connectivity index (χ1) is 20.7. The topological polar surface area (TPSA) is 111 Å². The number of hydrogen-bond donors (Lipinski definition) is 2. The van der Waals surface area contributed by atoms with Crippen LogP contribution in [0.4, 0.5) is 0 Å². The Morgan fingerprint density at radius 2 is 1.66 bits per heavy atom. The predicted octanol–water partition coefficient (Wildman–Crippen LogP) is 6.81. The van der Waals surface area contributed by atoms with Gasteiger partial charge in [-0.25, -0.2) is 9.59 Å². The van der Waals surface area contributed by atoms with Gasteiger partial charge in [-0.1, -0.05) is 64.1 Å². The lowest BCUT2D eigenvalue weighted by Crippen LogP contribution is -2.45. The van der Waals surface area contributed by atoms with Crippen LogP contribution in [0.3, 0.4) is 0 Å². The van der Waals surface area contributed by atoms with E-state index in [-0.39, 0.29) is 33.6 Å². The second kappa shape index (κ2) is 13.4. The molecule has 8 nitrogen and oxygen atoms in total. The highest BCUT2D eigenvalue weighted by molar-refractivity contribution is 7.18. The summed E-state index contributed by atoms with van der Waals surface area (Å²) in [5.74, 6) is -0.900. The Kier molecular flexibility index (Phi) is 10.1. The van der Waals surface area contributed by atoms with Gasteiger partial charge in [-0.05, 0) is 71.8 Å². The Labute approximate surface area is 263 Å². The molecule has 9 heteroatoms. The Balaban J connectivity index is 1.55. The van der Waals surface area contributed by atoms with Gasteiger partial charge in [0, 0.05) is 16.9 Å². The van der Waals surface area contributed by atoms with Gasteiger partial charge in [0.15, 0.2) is 11.5 Å². The van der Waals surface area contributed by atoms with Crippen LogP contribution in [0.15, 0.2) is 48.5 Å². The lowest BCUT2D eigenvalue weighted by molar-refractivity contribution is -0.145. The molecule has 1 aromatic heterocycles. The number of carbonyl (C=O) groups is 3. The number of nitrogens with one attached hydrogen (secondary N) is 1. The average Bonchev–Trinajstić information content (AvgIpc) is 3.30. The standard InChI is InChI=1S/C35H43NO7S/c1-21-29(43-19-28(38)36-27(32(39)41-6)15-22-11-13-26(37)14-12-22)31(33(40)42-7)44-30(21)24-10-8-9-23(16-24)25-17-34(2,3)20-35(4,5)18-25/h8-14,16,25,27,37H,15,17-20H2,1-7H3,(H,36,38). The minimum Gasteiger partial charge on any atom is -0.508 e. The molecule has 236 valence electrons. The molecule has 0 saturated heterocycles. The van der Waals surface area contributed by atoms with Crippen LogP contribution in [0.25, 0.3) is 10.4 Å². The predicted molar refractivity (Wildman–Crippen MR) is 171 cm³/mol. The van der Waals surface area contributed by atoms with E-state index < -0.39 is 30.5 Å². The Morgan fingerprint density at radius 3 is 2.27 bits per heavy atom. The summed E-state index contributed by atoms with van der Waals surface area (Å²) in [5.41, 5.74) is 4.22. The van der Waals surface area contributed by atoms with Crippen molar-refractivity contribution in [1.29, 1.82) is 0 Å². The van der Waals surface area contributed by atoms with Gasteiger partial charge in [-0.2, -0.15) is 0 Å². The molecule has 1 heterocycles. The van der Waals surface area contributed by atoms with E-state index in [1.54, 1.807) is 12.1 Å². The number of phenols is 1. The third kappa shape index (κ3) is 8.00. The zero-order valence-electron chi connectivity index (χ0n) is 26.6. The van der Waals surface area contributed by atoms with Crippen LogP contribution in [0.1, 0.15) is 79.2 Å². The normalized spacial score (nSPS) is 16.5. The van der Waals surface area contributed by atoms with Crippen LogP contribution >= 0.6 is 11.3 Å². The summed E-state index contributed by atoms with van der Waals surface area (Å²) >= 11 is 1.28. The first-order valence-corrected chi connectivity index (χ1v) is 15.6. The molecule has 1 aliphatic rings. The van der Waals surface area contributed by atoms with Crippen molar-refractivity contribution >= 4 is 29.2 Å². The van der Waals surface area contributed by atoms with E-state index in [0.717, 1.165) is 34.4 Å². The third-order valence-corrected chi connectivity index (χ3v) is 9.48. The fourth-order valence-electron chi connectivity index (χ4n) is 6.77. The summed E-state index contributed by atoms with van der Waals surface area (Å²) in [7, 11) is 2.56. The first kappa shape index (κ1) is 33.1. The van der Waals surface area contributed by atoms with E-state index in [4.69, 9.17) is 14.2 Å². The molecule has 0 spiro atoms. The monoisotopic (exact) mass is 621 g/mol. The van der Waals surface area contributed by atoms with Gasteiger partial charge in [0.25, 0.3) is 5.91 Å². The number of amides is 1. The molecular formula is C35H43NO7S. The zero-order chi connectivity index (χ0) is 32.2. The maximum absolute atomic E-state index is 13.0. The van der Waals surface area contributed by atoms with E-state index in [9.17, 15) is 19.5 Å². The summed E-state index contributed by atoms with van der Waals surface area (Å²) in [4.78, 5) is 39.3. The maximum atomic E-state index is 13.0. The Hall–Kier alpha value is -3.85. The molecule has 1 saturated carbocycles. The number of rotatable bonds is 10. The molecule has 4 rings (SSSR count). The molecule has 44 heavy (non-hydrogen) atoms. The number of phenolic OH excluding ortho intramolecular Hbond substituents is 1. The number of hydrogen-bond acceptors (Lipinski definition) is 8. The van der Waals surface area contributed by atoms with Gasteiger partial charge in [-0.15, -0.1) is 11.3 Å². The lowest BCUT2D eigenvalue weighted by Gasteiger charge is -2.45. The maximum Gasteiger partial charge on any atom is 0.351 e. The molecule has 1 fully saturated rings. The number of esters is 2. The molecule has 0 bridgehead atoms. The van der Waals surface area contributed by atoms with Gasteiger partial charge >= 0.3 is 11.9 Å². The van der Waals surface area contributed by atoms with E-state index in [1.807, 2.05) is 13.0 Å². The molecule has 1 unspecified atom stereocenters. The van der Waals surface area contributed by atoms with Crippen LogP contribution < -0.4 is 10.1 Å². The second-order valence-electron chi connectivity index (χ2n) is 13.2. The zero-order valence-corrected chi connectivity index (χ0v) is 27.4. The number of ether oxygens (including phenoxy) is 3. The van der Waals surface area contributed by atoms with E-state index >= 15 is 0 Å². The van der Waals surface area contributed by atoms with Crippen molar-refractivity contribution < 1.29 is 33.7 Å². The van der Waals surface area contributed by atoms with Crippen molar-refractivity contribution in [3.8, 4) is 21.9 Å². The van der Waals surface area contributed by atoms with E-state index in [2.05, 4.69) is 51.2 Å². The average molecular weight is 622 g/mol. The first-order valence-electron chi connectivity index (χ1n) is 14.8. The Morgan fingerprint density at radius 1 is 1.00 bits per heavy atom. The summed E-state index contributed by atoms with van der Waals surface area (Å²) in [6.07, 6.45) is 3.58. The van der Waals surface area contributed by atoms with Gasteiger partial charge in [0.05, 0.1) is 14.2 Å². The number of methoxy groups -OCH3 is 2. The van der Waals surface area contributed by atoms with Crippen molar-refractivity contribution in [2.24, 2.45) is 10.8 Å². The fourth-order valence-corrected chi connectivity index (χ4v) is 7.93. The van der Waals surface area contributed by atoms with Crippen molar-refractivity contribution in [3.63, 3.8) is 0 Å². The molecule has 0 radical (unpaired) electrons. The molecule has 1 atom stereocenters. The number of carbonyl (C=O) groups excluding carboxylic acids is 3. The number of benzene rings is 2. The Bertz CT molecular complexity index is 1490. The minimum absolute atomic E-state index is 0.0984. The number of aromatic hydroxyl groups is 1. The van der Waals surface area contributed by atoms with Gasteiger partial charge in [0.2, 0.25) is 0 Å². The molecule has 1 amide bonds. The largest absolute Gasteiger partial charge is 0.508 e. The van der Waals surface area contributed by atoms with Crippen molar-refractivity contribution in [1.82, 2.24) is 5.32 Å². The summed E-state index contributed by atoms with van der Waals surface area (Å²) in [6.45, 7) is 10.8. The highest BCUT2D eigenvalue weighted by Crippen LogP contribution is 2.52. The summed E-state index contributed by atoms with van der Waals surface area (Å²) < 4.78 is 15.9. The van der Waals surface area contributed by atoms with Crippen LogP contribution in [0, 0.1) is 17.8 Å². The minimum atomic E-state index is -0.961. The van der Waals surface area contributed by atoms with Gasteiger partial charge < -0.3 is 24.6 Å². The molecular weight excluding hydrogens is 578 g/mol. The van der Waals surface area contributed by atoms with Crippen LogP contribution in [0.5, 0.6) is 11.5 Å². The summed E-state index contributed by atoms with van der Waals surface area (Å²) in [6, 6.07) is 13.9. The van der Waals surface area contributed by atoms with E-state index in [0.29, 0.717) is 5.92 Å². The van der Waals surface area contributed by atoms with Crippen molar-refractivity contribution in [2.45, 2.75) is 72.3 Å². The quantitative estimate of drug-likeness (QED) is 0.239. The van der Waals surface area contributed by atoms with Gasteiger partial charge in [-0.3, -0.25) is 4.79 Å². The number of thiophene rings is 1. The molecule has 1 aliphatic carbocycles. The SMILES string of the molecule is COC(=O)c1sc(-c2cccc(C3CC(C)(C)CC(C)(C)C3)c2)c(C)c1OCC(=O)NC(Cc1ccc(O)cc1)C(=O)OC. The molecule has 3 aromatic rings. The molecule has 0 aliphatic heterocycles. The smallest absolute Gasteiger partial charge is 0.351 e. The fraction of sp³-hybridized carbons (Fsp3) is 0.457. The summed E-state index contributed by atoms with van der Waals surface area (Å²) in [5, 5.41) is 12.2. The highest BCUT2D eigenvalue weighted by Gasteiger charge is 2.39. The molecule has 2 aromatic carbocycles. The highest BCUT2D eigenvalue weighted by atomic mass is 32.1. The third-order valence-electron chi connectivity index (χ3n) is 8.18. The van der Waals surface area contributed by atoms with Crippen molar-refractivity contribution in [3.05, 3.63) is 70.1 Å². The second-order valence-corrected chi connectivity index (χ2v) is 14.3. The molecule has 2 N–H and O–H groups in total. The van der Waals surface area contributed by atoms with Gasteiger partial charge in [0.1, 0.15) is 17.5 Å². The van der Waals surface area contributed by atoms with Crippen LogP contribution in [-0.2, 0) is 25.5 Å². The van der Waals surface area contributed by atoms with Crippen molar-refractivity contribution in [2.75, 3.05) is 20.8 Å². The van der Waals surface area contributed by atoms with Crippen LogP contribution in [0.2, 0.25) is 0 Å². The lowest BCUT2D eigenvalue weighted by atomic mass is 9.60.